The topological polar surface area (TPSA) is 66.8 Å². The smallest absolute Gasteiger partial charge is 0.178 e. The van der Waals surface area contributed by atoms with Crippen LogP contribution >= 0.6 is 0 Å². The van der Waals surface area contributed by atoms with E-state index in [-0.39, 0.29) is 11.8 Å². The summed E-state index contributed by atoms with van der Waals surface area (Å²) in [7, 11) is 1.95. The lowest BCUT2D eigenvalue weighted by molar-refractivity contribution is 0.0917. The van der Waals surface area contributed by atoms with E-state index in [0.717, 1.165) is 42.2 Å². The first kappa shape index (κ1) is 14.0. The summed E-state index contributed by atoms with van der Waals surface area (Å²) in [5, 5.41) is 8.16. The van der Waals surface area contributed by atoms with Gasteiger partial charge in [-0.3, -0.25) is 9.69 Å². The molecule has 1 fully saturated rings. The number of ketones is 1. The number of likely N-dealkylation sites (tertiary alicyclic amines) is 1. The average Bonchev–Trinajstić information content (AvgIpc) is 3.10. The Morgan fingerprint density at radius 2 is 2.29 bits per heavy atom. The Morgan fingerprint density at radius 1 is 1.48 bits per heavy atom. The molecule has 0 spiro atoms. The van der Waals surface area contributed by atoms with Gasteiger partial charge in [0, 0.05) is 24.0 Å². The van der Waals surface area contributed by atoms with Crippen LogP contribution in [0.3, 0.4) is 0 Å². The normalized spacial score (nSPS) is 19.3. The van der Waals surface area contributed by atoms with Gasteiger partial charge in [0.2, 0.25) is 0 Å². The van der Waals surface area contributed by atoms with Gasteiger partial charge in [-0.05, 0) is 39.3 Å². The summed E-state index contributed by atoms with van der Waals surface area (Å²) in [5.41, 5.74) is 2.78. The van der Waals surface area contributed by atoms with E-state index in [4.69, 9.17) is 0 Å². The molecule has 3 rings (SSSR count). The maximum Gasteiger partial charge on any atom is 0.178 e. The summed E-state index contributed by atoms with van der Waals surface area (Å²) in [5.74, 6) is 1.12. The number of rotatable bonds is 4. The van der Waals surface area contributed by atoms with Gasteiger partial charge in [-0.25, -0.2) is 0 Å². The Kier molecular flexibility index (Phi) is 3.63. The number of nitrogens with zero attached hydrogens (tertiary/aromatic N) is 4. The molecule has 1 atom stereocenters. The highest BCUT2D eigenvalue weighted by molar-refractivity contribution is 5.98. The zero-order chi connectivity index (χ0) is 15.0. The maximum absolute atomic E-state index is 12.5. The minimum Gasteiger partial charge on any atom is -0.362 e. The van der Waals surface area contributed by atoms with E-state index < -0.39 is 0 Å². The molecule has 0 amide bonds. The van der Waals surface area contributed by atoms with Crippen LogP contribution in [0.5, 0.6) is 0 Å². The second-order valence-corrected chi connectivity index (χ2v) is 5.84. The monoisotopic (exact) mass is 287 g/mol. The van der Waals surface area contributed by atoms with Gasteiger partial charge in [0.1, 0.15) is 12.2 Å². The van der Waals surface area contributed by atoms with Crippen molar-refractivity contribution in [1.82, 2.24) is 24.6 Å². The van der Waals surface area contributed by atoms with E-state index in [1.54, 1.807) is 6.33 Å². The lowest BCUT2D eigenvalue weighted by Crippen LogP contribution is -2.31. The lowest BCUT2D eigenvalue weighted by atomic mass is 10.1. The molecule has 1 N–H and O–H groups in total. The molecule has 6 heteroatoms. The molecular formula is C15H21N5O. The van der Waals surface area contributed by atoms with Crippen LogP contribution in [-0.4, -0.2) is 43.5 Å². The standard InChI is InChI=1S/C15H21N5O/c1-10-7-12(11(2)17-10)14(21)8-20-6-4-5-13(20)15-18-16-9-19(15)3/h7,9,13,17H,4-6,8H2,1-3H3/t13-/m0/s1. The van der Waals surface area contributed by atoms with Gasteiger partial charge < -0.3 is 9.55 Å². The number of H-pyrrole nitrogens is 1. The summed E-state index contributed by atoms with van der Waals surface area (Å²) < 4.78 is 1.94. The Morgan fingerprint density at radius 3 is 2.90 bits per heavy atom. The number of carbonyl (C=O) groups excluding carboxylic acids is 1. The van der Waals surface area contributed by atoms with Gasteiger partial charge in [-0.1, -0.05) is 0 Å². The van der Waals surface area contributed by atoms with Crippen molar-refractivity contribution in [1.29, 1.82) is 0 Å². The van der Waals surface area contributed by atoms with Crippen LogP contribution in [0.4, 0.5) is 0 Å². The number of hydrogen-bond donors (Lipinski definition) is 1. The van der Waals surface area contributed by atoms with Crippen LogP contribution in [-0.2, 0) is 7.05 Å². The number of Topliss-reactive ketones (excluding diaryl/α,β-unsaturated/α-hetero) is 1. The van der Waals surface area contributed by atoms with Crippen molar-refractivity contribution in [3.05, 3.63) is 35.2 Å². The fraction of sp³-hybridized carbons (Fsp3) is 0.533. The summed E-state index contributed by atoms with van der Waals surface area (Å²) in [6.07, 6.45) is 3.84. The third-order valence-corrected chi connectivity index (χ3v) is 4.20. The van der Waals surface area contributed by atoms with Gasteiger partial charge in [-0.2, -0.15) is 0 Å². The Balaban J connectivity index is 1.76. The second-order valence-electron chi connectivity index (χ2n) is 5.84. The van der Waals surface area contributed by atoms with Crippen molar-refractivity contribution in [3.8, 4) is 0 Å². The minimum atomic E-state index is 0.172. The van der Waals surface area contributed by atoms with Crippen molar-refractivity contribution in [3.63, 3.8) is 0 Å². The van der Waals surface area contributed by atoms with Crippen molar-refractivity contribution >= 4 is 5.78 Å². The molecule has 1 saturated heterocycles. The van der Waals surface area contributed by atoms with Crippen LogP contribution in [0, 0.1) is 13.8 Å². The number of carbonyl (C=O) groups is 1. The number of aromatic nitrogens is 4. The zero-order valence-corrected chi connectivity index (χ0v) is 12.8. The molecule has 112 valence electrons. The molecular weight excluding hydrogens is 266 g/mol. The lowest BCUT2D eigenvalue weighted by Gasteiger charge is -2.22. The summed E-state index contributed by atoms with van der Waals surface area (Å²) in [6.45, 7) is 5.30. The van der Waals surface area contributed by atoms with Crippen LogP contribution in [0.1, 0.15) is 46.5 Å². The average molecular weight is 287 g/mol. The van der Waals surface area contributed by atoms with Crippen LogP contribution in [0.25, 0.3) is 0 Å². The van der Waals surface area contributed by atoms with Gasteiger partial charge in [0.05, 0.1) is 12.6 Å². The fourth-order valence-electron chi connectivity index (χ4n) is 3.18. The molecule has 0 unspecified atom stereocenters. The largest absolute Gasteiger partial charge is 0.362 e. The Bertz CT molecular complexity index is 657. The van der Waals surface area contributed by atoms with Gasteiger partial charge in [-0.15, -0.1) is 10.2 Å². The van der Waals surface area contributed by atoms with Crippen molar-refractivity contribution in [2.24, 2.45) is 7.05 Å². The van der Waals surface area contributed by atoms with Crippen molar-refractivity contribution < 1.29 is 4.79 Å². The fourth-order valence-corrected chi connectivity index (χ4v) is 3.18. The molecule has 0 aliphatic carbocycles. The molecule has 21 heavy (non-hydrogen) atoms. The molecule has 1 aliphatic heterocycles. The highest BCUT2D eigenvalue weighted by atomic mass is 16.1. The molecule has 0 bridgehead atoms. The SMILES string of the molecule is Cc1cc(C(=O)CN2CCC[C@H]2c2nncn2C)c(C)[nH]1. The minimum absolute atomic E-state index is 0.172. The molecule has 0 radical (unpaired) electrons. The number of aromatic amines is 1. The first-order valence-electron chi connectivity index (χ1n) is 7.33. The van der Waals surface area contributed by atoms with Gasteiger partial charge >= 0.3 is 0 Å². The van der Waals surface area contributed by atoms with Crippen molar-refractivity contribution in [2.75, 3.05) is 13.1 Å². The van der Waals surface area contributed by atoms with E-state index in [2.05, 4.69) is 20.1 Å². The third kappa shape index (κ3) is 2.63. The number of nitrogens with one attached hydrogen (secondary N) is 1. The number of aryl methyl sites for hydroxylation is 3. The summed E-state index contributed by atoms with van der Waals surface area (Å²) in [6, 6.07) is 2.13. The predicted octanol–water partition coefficient (Wildman–Crippen LogP) is 1.78. The quantitative estimate of drug-likeness (QED) is 0.870. The molecule has 2 aromatic rings. The molecule has 0 saturated carbocycles. The third-order valence-electron chi connectivity index (χ3n) is 4.20. The molecule has 3 heterocycles. The van der Waals surface area contributed by atoms with E-state index in [1.165, 1.54) is 0 Å². The summed E-state index contributed by atoms with van der Waals surface area (Å²) >= 11 is 0. The predicted molar refractivity (Wildman–Crippen MR) is 79.1 cm³/mol. The maximum atomic E-state index is 12.5. The highest BCUT2D eigenvalue weighted by Crippen LogP contribution is 2.30. The van der Waals surface area contributed by atoms with Crippen LogP contribution < -0.4 is 0 Å². The highest BCUT2D eigenvalue weighted by Gasteiger charge is 2.31. The second kappa shape index (κ2) is 5.44. The van der Waals surface area contributed by atoms with E-state index in [1.807, 2.05) is 31.5 Å². The molecule has 0 aromatic carbocycles. The van der Waals surface area contributed by atoms with Crippen LogP contribution in [0.15, 0.2) is 12.4 Å². The zero-order valence-electron chi connectivity index (χ0n) is 12.8. The summed E-state index contributed by atoms with van der Waals surface area (Å²) in [4.78, 5) is 17.9. The molecule has 2 aromatic heterocycles. The Labute approximate surface area is 124 Å². The molecule has 6 nitrogen and oxygen atoms in total. The van der Waals surface area contributed by atoms with Gasteiger partial charge in [0.15, 0.2) is 5.78 Å². The van der Waals surface area contributed by atoms with E-state index in [9.17, 15) is 4.79 Å². The van der Waals surface area contributed by atoms with E-state index >= 15 is 0 Å². The van der Waals surface area contributed by atoms with Crippen molar-refractivity contribution in [2.45, 2.75) is 32.7 Å². The van der Waals surface area contributed by atoms with Gasteiger partial charge in [0.25, 0.3) is 0 Å². The van der Waals surface area contributed by atoms with Crippen LogP contribution in [0.2, 0.25) is 0 Å². The van der Waals surface area contributed by atoms with E-state index in [0.29, 0.717) is 6.54 Å². The first-order chi connectivity index (χ1) is 10.1. The number of hydrogen-bond acceptors (Lipinski definition) is 4. The first-order valence-corrected chi connectivity index (χ1v) is 7.33. The molecule has 1 aliphatic rings. The Hall–Kier alpha value is -1.95.